The minimum Gasteiger partial charge on any atom is -0.496 e. The molecule has 0 aliphatic carbocycles. The maximum Gasteiger partial charge on any atom is 0.128 e. The molecule has 0 bridgehead atoms. The van der Waals surface area contributed by atoms with Crippen molar-refractivity contribution >= 4 is 5.70 Å². The zero-order valence-electron chi connectivity index (χ0n) is 14.8. The Hall–Kier alpha value is -2.66. The molecule has 1 aliphatic rings. The SMILES string of the molecule is COc1cc(C2=CNCN2)c(OC)cc1CCNCc1ccccc1. The van der Waals surface area contributed by atoms with Crippen LogP contribution in [0.15, 0.2) is 48.7 Å². The third-order valence-electron chi connectivity index (χ3n) is 4.26. The topological polar surface area (TPSA) is 54.5 Å². The summed E-state index contributed by atoms with van der Waals surface area (Å²) >= 11 is 0. The van der Waals surface area contributed by atoms with E-state index in [-0.39, 0.29) is 0 Å². The Morgan fingerprint density at radius 1 is 1.04 bits per heavy atom. The first kappa shape index (κ1) is 17.2. The molecule has 0 spiro atoms. The van der Waals surface area contributed by atoms with Crippen molar-refractivity contribution in [1.82, 2.24) is 16.0 Å². The summed E-state index contributed by atoms with van der Waals surface area (Å²) < 4.78 is 11.2. The van der Waals surface area contributed by atoms with Crippen LogP contribution in [0.3, 0.4) is 0 Å². The molecule has 1 heterocycles. The van der Waals surface area contributed by atoms with Crippen LogP contribution in [0.5, 0.6) is 11.5 Å². The molecular formula is C20H25N3O2. The maximum atomic E-state index is 5.60. The van der Waals surface area contributed by atoms with E-state index < -0.39 is 0 Å². The number of hydrogen-bond donors (Lipinski definition) is 3. The molecule has 0 aromatic heterocycles. The molecule has 0 unspecified atom stereocenters. The van der Waals surface area contributed by atoms with Crippen LogP contribution in [0, 0.1) is 0 Å². The normalized spacial score (nSPS) is 13.0. The largest absolute Gasteiger partial charge is 0.496 e. The van der Waals surface area contributed by atoms with Gasteiger partial charge in [-0.05, 0) is 36.2 Å². The summed E-state index contributed by atoms with van der Waals surface area (Å²) in [7, 11) is 3.41. The highest BCUT2D eigenvalue weighted by Gasteiger charge is 2.16. The van der Waals surface area contributed by atoms with Crippen molar-refractivity contribution in [2.45, 2.75) is 13.0 Å². The highest BCUT2D eigenvalue weighted by molar-refractivity contribution is 5.72. The molecule has 3 N–H and O–H groups in total. The summed E-state index contributed by atoms with van der Waals surface area (Å²) in [4.78, 5) is 0. The minimum atomic E-state index is 0.728. The van der Waals surface area contributed by atoms with Crippen LogP contribution in [0.25, 0.3) is 5.70 Å². The van der Waals surface area contributed by atoms with E-state index in [9.17, 15) is 0 Å². The number of methoxy groups -OCH3 is 2. The zero-order chi connectivity index (χ0) is 17.5. The number of ether oxygens (including phenoxy) is 2. The van der Waals surface area contributed by atoms with E-state index in [2.05, 4.69) is 46.3 Å². The van der Waals surface area contributed by atoms with Crippen LogP contribution < -0.4 is 25.4 Å². The van der Waals surface area contributed by atoms with Crippen LogP contribution in [-0.2, 0) is 13.0 Å². The molecule has 0 atom stereocenters. The fraction of sp³-hybridized carbons (Fsp3) is 0.300. The van der Waals surface area contributed by atoms with Crippen LogP contribution in [0.4, 0.5) is 0 Å². The van der Waals surface area contributed by atoms with Gasteiger partial charge in [-0.2, -0.15) is 0 Å². The summed E-state index contributed by atoms with van der Waals surface area (Å²) in [5.74, 6) is 1.73. The summed E-state index contributed by atoms with van der Waals surface area (Å²) in [6.07, 6.45) is 2.83. The minimum absolute atomic E-state index is 0.728. The van der Waals surface area contributed by atoms with Crippen molar-refractivity contribution in [3.63, 3.8) is 0 Å². The molecule has 5 heteroatoms. The third kappa shape index (κ3) is 4.25. The van der Waals surface area contributed by atoms with Crippen molar-refractivity contribution in [3.05, 3.63) is 65.4 Å². The van der Waals surface area contributed by atoms with E-state index in [4.69, 9.17) is 9.47 Å². The van der Waals surface area contributed by atoms with Crippen molar-refractivity contribution < 1.29 is 9.47 Å². The second-order valence-corrected chi connectivity index (χ2v) is 5.89. The lowest BCUT2D eigenvalue weighted by molar-refractivity contribution is 0.397. The first-order valence-electron chi connectivity index (χ1n) is 8.49. The number of benzene rings is 2. The lowest BCUT2D eigenvalue weighted by Gasteiger charge is -2.16. The van der Waals surface area contributed by atoms with E-state index in [1.807, 2.05) is 18.3 Å². The summed E-state index contributed by atoms with van der Waals surface area (Å²) in [5, 5.41) is 9.92. The lowest BCUT2D eigenvalue weighted by atomic mass is 10.0. The molecule has 1 aliphatic heterocycles. The zero-order valence-corrected chi connectivity index (χ0v) is 14.8. The van der Waals surface area contributed by atoms with Gasteiger partial charge in [-0.3, -0.25) is 0 Å². The van der Waals surface area contributed by atoms with Gasteiger partial charge in [-0.15, -0.1) is 0 Å². The van der Waals surface area contributed by atoms with E-state index in [1.54, 1.807) is 14.2 Å². The molecule has 0 saturated heterocycles. The Labute approximate surface area is 149 Å². The second-order valence-electron chi connectivity index (χ2n) is 5.89. The fourth-order valence-corrected chi connectivity index (χ4v) is 2.94. The lowest BCUT2D eigenvalue weighted by Crippen LogP contribution is -2.17. The van der Waals surface area contributed by atoms with Gasteiger partial charge < -0.3 is 25.4 Å². The number of rotatable bonds is 8. The monoisotopic (exact) mass is 339 g/mol. The third-order valence-corrected chi connectivity index (χ3v) is 4.26. The van der Waals surface area contributed by atoms with Crippen molar-refractivity contribution in [1.29, 1.82) is 0 Å². The maximum absolute atomic E-state index is 5.60. The number of nitrogens with one attached hydrogen (secondary N) is 3. The van der Waals surface area contributed by atoms with Crippen LogP contribution in [-0.4, -0.2) is 27.4 Å². The number of hydrogen-bond acceptors (Lipinski definition) is 5. The van der Waals surface area contributed by atoms with E-state index >= 15 is 0 Å². The van der Waals surface area contributed by atoms with E-state index in [0.29, 0.717) is 0 Å². The first-order valence-corrected chi connectivity index (χ1v) is 8.49. The molecule has 2 aromatic rings. The molecule has 25 heavy (non-hydrogen) atoms. The van der Waals surface area contributed by atoms with Gasteiger partial charge in [0.2, 0.25) is 0 Å². The van der Waals surface area contributed by atoms with Gasteiger partial charge in [-0.1, -0.05) is 30.3 Å². The molecule has 0 radical (unpaired) electrons. The summed E-state index contributed by atoms with van der Waals surface area (Å²) in [5.41, 5.74) is 4.44. The predicted molar refractivity (Wildman–Crippen MR) is 101 cm³/mol. The Morgan fingerprint density at radius 3 is 2.52 bits per heavy atom. The Morgan fingerprint density at radius 2 is 1.84 bits per heavy atom. The van der Waals surface area contributed by atoms with Crippen molar-refractivity contribution in [3.8, 4) is 11.5 Å². The first-order chi connectivity index (χ1) is 12.3. The van der Waals surface area contributed by atoms with Gasteiger partial charge in [0.25, 0.3) is 0 Å². The molecule has 3 rings (SSSR count). The highest BCUT2D eigenvalue weighted by atomic mass is 16.5. The van der Waals surface area contributed by atoms with Gasteiger partial charge in [0, 0.05) is 18.3 Å². The summed E-state index contributed by atoms with van der Waals surface area (Å²) in [6, 6.07) is 14.5. The average Bonchev–Trinajstić information content (AvgIpc) is 3.20. The molecule has 0 saturated carbocycles. The van der Waals surface area contributed by atoms with Gasteiger partial charge in [0.05, 0.1) is 26.6 Å². The Balaban J connectivity index is 1.68. The Kier molecular flexibility index (Phi) is 5.80. The van der Waals surface area contributed by atoms with Crippen LogP contribution in [0.2, 0.25) is 0 Å². The van der Waals surface area contributed by atoms with Gasteiger partial charge in [-0.25, -0.2) is 0 Å². The van der Waals surface area contributed by atoms with E-state index in [0.717, 1.165) is 54.5 Å². The molecule has 5 nitrogen and oxygen atoms in total. The molecule has 2 aromatic carbocycles. The predicted octanol–water partition coefficient (Wildman–Crippen LogP) is 2.48. The standard InChI is InChI=1S/C20H25N3O2/c1-24-19-11-17(18-13-22-14-23-18)20(25-2)10-16(19)8-9-21-12-15-6-4-3-5-7-15/h3-7,10-11,13,21-23H,8-9,12,14H2,1-2H3. The molecule has 132 valence electrons. The smallest absolute Gasteiger partial charge is 0.128 e. The summed E-state index contributed by atoms with van der Waals surface area (Å²) in [6.45, 7) is 2.46. The quantitative estimate of drug-likeness (QED) is 0.645. The van der Waals surface area contributed by atoms with E-state index in [1.165, 1.54) is 5.56 Å². The average molecular weight is 339 g/mol. The Bertz CT molecular complexity index is 729. The van der Waals surface area contributed by atoms with Crippen molar-refractivity contribution in [2.24, 2.45) is 0 Å². The molecular weight excluding hydrogens is 314 g/mol. The van der Waals surface area contributed by atoms with Crippen LogP contribution >= 0.6 is 0 Å². The van der Waals surface area contributed by atoms with Gasteiger partial charge in [0.15, 0.2) is 0 Å². The molecule has 0 fully saturated rings. The van der Waals surface area contributed by atoms with Gasteiger partial charge in [0.1, 0.15) is 11.5 Å². The van der Waals surface area contributed by atoms with Crippen molar-refractivity contribution in [2.75, 3.05) is 27.4 Å². The van der Waals surface area contributed by atoms with Gasteiger partial charge >= 0.3 is 0 Å². The molecule has 0 amide bonds. The second kappa shape index (κ2) is 8.44. The fourth-order valence-electron chi connectivity index (χ4n) is 2.94. The highest BCUT2D eigenvalue weighted by Crippen LogP contribution is 2.33. The van der Waals surface area contributed by atoms with Crippen LogP contribution in [0.1, 0.15) is 16.7 Å².